The monoisotopic (exact) mass is 526 g/mol. The minimum absolute atomic E-state index is 0. The van der Waals surface area contributed by atoms with E-state index < -0.39 is 0 Å². The van der Waals surface area contributed by atoms with Crippen LogP contribution < -0.4 is 10.6 Å². The summed E-state index contributed by atoms with van der Waals surface area (Å²) in [6, 6.07) is 13.3. The van der Waals surface area contributed by atoms with Crippen LogP contribution >= 0.6 is 35.6 Å². The molecule has 0 saturated carbocycles. The second-order valence-electron chi connectivity index (χ2n) is 6.13. The first-order valence-electron chi connectivity index (χ1n) is 9.20. The van der Waals surface area contributed by atoms with Gasteiger partial charge in [0.2, 0.25) is 0 Å². The van der Waals surface area contributed by atoms with Crippen molar-refractivity contribution in [1.29, 1.82) is 0 Å². The minimum atomic E-state index is 0. The molecule has 2 heterocycles. The fourth-order valence-electron chi connectivity index (χ4n) is 2.65. The van der Waals surface area contributed by atoms with E-state index in [9.17, 15) is 0 Å². The third-order valence-electron chi connectivity index (χ3n) is 4.03. The van der Waals surface area contributed by atoms with Gasteiger partial charge in [-0.2, -0.15) is 4.98 Å². The van der Waals surface area contributed by atoms with Gasteiger partial charge < -0.3 is 15.2 Å². The van der Waals surface area contributed by atoms with Crippen LogP contribution in [0.2, 0.25) is 5.02 Å². The van der Waals surface area contributed by atoms with Gasteiger partial charge in [-0.15, -0.1) is 24.0 Å². The maximum Gasteiger partial charge on any atom is 0.276 e. The molecule has 0 radical (unpaired) electrons. The van der Waals surface area contributed by atoms with Gasteiger partial charge in [0.05, 0.1) is 6.04 Å². The minimum Gasteiger partial charge on any atom is -0.357 e. The van der Waals surface area contributed by atoms with Crippen LogP contribution in [0.5, 0.6) is 0 Å². The zero-order valence-corrected chi connectivity index (χ0v) is 19.4. The first-order chi connectivity index (χ1) is 13.7. The summed E-state index contributed by atoms with van der Waals surface area (Å²) in [5.74, 6) is 1.72. The molecule has 29 heavy (non-hydrogen) atoms. The first-order valence-corrected chi connectivity index (χ1v) is 9.58. The van der Waals surface area contributed by atoms with Gasteiger partial charge in [-0.25, -0.2) is 0 Å². The molecule has 0 saturated heterocycles. The molecule has 3 aromatic rings. The Morgan fingerprint density at radius 2 is 2.00 bits per heavy atom. The standard InChI is InChI=1S/C20H23ClN6O.HI/c1-3-22-20(25-14(2)15-8-4-5-9-16(15)21)24-13-11-18-26-19(28-27-18)17-10-6-7-12-23-17;/h4-10,12,14H,3,11,13H2,1-2H3,(H2,22,24,25);1H. The van der Waals surface area contributed by atoms with Crippen molar-refractivity contribution in [3.63, 3.8) is 0 Å². The number of rotatable bonds is 7. The molecule has 1 atom stereocenters. The maximum absolute atomic E-state index is 6.28. The van der Waals surface area contributed by atoms with Crippen molar-refractivity contribution in [2.75, 3.05) is 13.1 Å². The summed E-state index contributed by atoms with van der Waals surface area (Å²) in [6.07, 6.45) is 2.26. The van der Waals surface area contributed by atoms with Gasteiger partial charge >= 0.3 is 0 Å². The van der Waals surface area contributed by atoms with Crippen LogP contribution in [0.25, 0.3) is 11.6 Å². The molecule has 2 aromatic heterocycles. The Labute approximate surface area is 192 Å². The van der Waals surface area contributed by atoms with Crippen molar-refractivity contribution in [1.82, 2.24) is 25.8 Å². The lowest BCUT2D eigenvalue weighted by molar-refractivity contribution is 0.421. The number of benzene rings is 1. The summed E-state index contributed by atoms with van der Waals surface area (Å²) in [5.41, 5.74) is 1.68. The number of halogens is 2. The van der Waals surface area contributed by atoms with Crippen LogP contribution in [0, 0.1) is 0 Å². The van der Waals surface area contributed by atoms with Crippen LogP contribution in [0.4, 0.5) is 0 Å². The van der Waals surface area contributed by atoms with Gasteiger partial charge in [0.1, 0.15) is 5.69 Å². The molecule has 0 spiro atoms. The molecule has 3 rings (SSSR count). The highest BCUT2D eigenvalue weighted by atomic mass is 127. The summed E-state index contributed by atoms with van der Waals surface area (Å²) >= 11 is 6.28. The van der Waals surface area contributed by atoms with Gasteiger partial charge in [-0.3, -0.25) is 9.98 Å². The summed E-state index contributed by atoms with van der Waals surface area (Å²) in [4.78, 5) is 13.2. The van der Waals surface area contributed by atoms with Gasteiger partial charge in [-0.05, 0) is 37.6 Å². The van der Waals surface area contributed by atoms with Crippen LogP contribution in [0.15, 0.2) is 58.2 Å². The molecule has 0 aliphatic heterocycles. The molecular weight excluding hydrogens is 503 g/mol. The lowest BCUT2D eigenvalue weighted by Gasteiger charge is -2.19. The van der Waals surface area contributed by atoms with E-state index in [1.54, 1.807) is 6.20 Å². The Morgan fingerprint density at radius 1 is 1.21 bits per heavy atom. The molecule has 0 fully saturated rings. The number of aliphatic imine (C=N–C) groups is 1. The number of nitrogens with one attached hydrogen (secondary N) is 2. The van der Waals surface area contributed by atoms with Gasteiger partial charge in [-0.1, -0.05) is 41.0 Å². The first kappa shape index (κ1) is 23.1. The zero-order valence-electron chi connectivity index (χ0n) is 16.3. The normalized spacial score (nSPS) is 12.2. The van der Waals surface area contributed by atoms with E-state index in [1.807, 2.05) is 56.3 Å². The van der Waals surface area contributed by atoms with Crippen molar-refractivity contribution in [3.8, 4) is 11.6 Å². The number of nitrogens with zero attached hydrogens (tertiary/aromatic N) is 4. The Bertz CT molecular complexity index is 918. The molecular formula is C20H24ClIN6O. The average Bonchev–Trinajstić information content (AvgIpc) is 3.18. The van der Waals surface area contributed by atoms with E-state index >= 15 is 0 Å². The Kier molecular flexibility index (Phi) is 9.33. The molecule has 0 aliphatic rings. The molecule has 154 valence electrons. The zero-order chi connectivity index (χ0) is 19.8. The largest absolute Gasteiger partial charge is 0.357 e. The second kappa shape index (κ2) is 11.7. The predicted octanol–water partition coefficient (Wildman–Crippen LogP) is 4.26. The predicted molar refractivity (Wildman–Crippen MR) is 126 cm³/mol. The molecule has 1 aromatic carbocycles. The fraction of sp³-hybridized carbons (Fsp3) is 0.300. The van der Waals surface area contributed by atoms with E-state index in [2.05, 4.69) is 30.8 Å². The summed E-state index contributed by atoms with van der Waals surface area (Å²) in [7, 11) is 0. The number of guanidine groups is 1. The van der Waals surface area contributed by atoms with Gasteiger partial charge in [0.15, 0.2) is 11.8 Å². The van der Waals surface area contributed by atoms with E-state index in [1.165, 1.54) is 0 Å². The topological polar surface area (TPSA) is 88.2 Å². The summed E-state index contributed by atoms with van der Waals surface area (Å²) in [5, 5.41) is 11.3. The van der Waals surface area contributed by atoms with Crippen molar-refractivity contribution >= 4 is 41.5 Å². The van der Waals surface area contributed by atoms with Crippen molar-refractivity contribution in [2.45, 2.75) is 26.3 Å². The SMILES string of the molecule is CCNC(=NCCc1noc(-c2ccccn2)n1)NC(C)c1ccccc1Cl.I. The molecule has 1 unspecified atom stereocenters. The molecule has 9 heteroatoms. The molecule has 2 N–H and O–H groups in total. The number of hydrogen-bond acceptors (Lipinski definition) is 5. The van der Waals surface area contributed by atoms with Crippen molar-refractivity contribution in [2.24, 2.45) is 4.99 Å². The highest BCUT2D eigenvalue weighted by Gasteiger charge is 2.12. The summed E-state index contributed by atoms with van der Waals surface area (Å²) < 4.78 is 5.27. The Hall–Kier alpha value is -2.20. The number of hydrogen-bond donors (Lipinski definition) is 2. The van der Waals surface area contributed by atoms with Gasteiger partial charge in [0.25, 0.3) is 5.89 Å². The third kappa shape index (κ3) is 6.67. The molecule has 0 aliphatic carbocycles. The maximum atomic E-state index is 6.28. The van der Waals surface area contributed by atoms with E-state index in [0.717, 1.165) is 17.1 Å². The number of aromatic nitrogens is 3. The van der Waals surface area contributed by atoms with Crippen molar-refractivity contribution < 1.29 is 4.52 Å². The van der Waals surface area contributed by atoms with E-state index in [-0.39, 0.29) is 30.0 Å². The lowest BCUT2D eigenvalue weighted by Crippen LogP contribution is -2.39. The van der Waals surface area contributed by atoms with Crippen LogP contribution in [-0.4, -0.2) is 34.2 Å². The highest BCUT2D eigenvalue weighted by molar-refractivity contribution is 14.0. The quantitative estimate of drug-likeness (QED) is 0.272. The Morgan fingerprint density at radius 3 is 2.72 bits per heavy atom. The smallest absolute Gasteiger partial charge is 0.276 e. The highest BCUT2D eigenvalue weighted by Crippen LogP contribution is 2.22. The fourth-order valence-corrected chi connectivity index (χ4v) is 2.95. The van der Waals surface area contributed by atoms with E-state index in [0.29, 0.717) is 36.3 Å². The van der Waals surface area contributed by atoms with Gasteiger partial charge in [0, 0.05) is 30.7 Å². The third-order valence-corrected chi connectivity index (χ3v) is 4.37. The van der Waals surface area contributed by atoms with Crippen LogP contribution in [0.1, 0.15) is 31.3 Å². The van der Waals surface area contributed by atoms with Crippen molar-refractivity contribution in [3.05, 3.63) is 65.1 Å². The lowest BCUT2D eigenvalue weighted by atomic mass is 10.1. The number of pyridine rings is 1. The van der Waals surface area contributed by atoms with Crippen LogP contribution in [0.3, 0.4) is 0 Å². The molecule has 7 nitrogen and oxygen atoms in total. The second-order valence-corrected chi connectivity index (χ2v) is 6.54. The Balaban J connectivity index is 0.00000300. The average molecular weight is 527 g/mol. The van der Waals surface area contributed by atoms with E-state index in [4.69, 9.17) is 16.1 Å². The molecule has 0 bridgehead atoms. The summed E-state index contributed by atoms with van der Waals surface area (Å²) in [6.45, 7) is 5.35. The molecule has 0 amide bonds. The van der Waals surface area contributed by atoms with Crippen LogP contribution in [-0.2, 0) is 6.42 Å².